The molecule has 0 amide bonds. The Morgan fingerprint density at radius 1 is 1.10 bits per heavy atom. The third-order valence-corrected chi connectivity index (χ3v) is 3.55. The van der Waals surface area contributed by atoms with Gasteiger partial charge in [-0.15, -0.1) is 5.10 Å². The van der Waals surface area contributed by atoms with Crippen molar-refractivity contribution in [1.29, 1.82) is 0 Å². The molecule has 1 aromatic heterocycles. The van der Waals surface area contributed by atoms with Crippen molar-refractivity contribution < 1.29 is 8.78 Å². The lowest BCUT2D eigenvalue weighted by molar-refractivity contribution is 0.587. The molecule has 0 saturated carbocycles. The molecule has 2 aromatic carbocycles. The second kappa shape index (κ2) is 5.21. The first-order valence-electron chi connectivity index (χ1n) is 5.86. The summed E-state index contributed by atoms with van der Waals surface area (Å²) in [4.78, 5) is 0. The lowest BCUT2D eigenvalue weighted by Crippen LogP contribution is -2.03. The van der Waals surface area contributed by atoms with Crippen LogP contribution >= 0.6 is 15.9 Å². The van der Waals surface area contributed by atoms with Crippen molar-refractivity contribution in [1.82, 2.24) is 20.2 Å². The number of tetrazole rings is 1. The Kier molecular flexibility index (Phi) is 3.38. The van der Waals surface area contributed by atoms with Crippen LogP contribution < -0.4 is 5.73 Å². The van der Waals surface area contributed by atoms with Crippen LogP contribution in [-0.4, -0.2) is 20.2 Å². The van der Waals surface area contributed by atoms with Gasteiger partial charge in [0.1, 0.15) is 11.6 Å². The van der Waals surface area contributed by atoms with E-state index in [2.05, 4.69) is 31.5 Å². The van der Waals surface area contributed by atoms with Crippen LogP contribution in [0.2, 0.25) is 0 Å². The van der Waals surface area contributed by atoms with Crippen molar-refractivity contribution in [3.8, 4) is 17.1 Å². The van der Waals surface area contributed by atoms with E-state index in [4.69, 9.17) is 5.73 Å². The van der Waals surface area contributed by atoms with Crippen molar-refractivity contribution in [3.05, 3.63) is 52.5 Å². The number of para-hydroxylation sites is 1. The topological polar surface area (TPSA) is 69.6 Å². The second-order valence-corrected chi connectivity index (χ2v) is 5.07. The zero-order valence-electron chi connectivity index (χ0n) is 10.5. The molecule has 106 valence electrons. The number of hydrogen-bond donors (Lipinski definition) is 1. The number of rotatable bonds is 2. The molecule has 21 heavy (non-hydrogen) atoms. The van der Waals surface area contributed by atoms with Gasteiger partial charge in [-0.05, 0) is 44.6 Å². The van der Waals surface area contributed by atoms with Crippen LogP contribution in [-0.2, 0) is 0 Å². The van der Waals surface area contributed by atoms with Gasteiger partial charge < -0.3 is 5.73 Å². The number of benzene rings is 2. The number of nitrogens with two attached hydrogens (primary N) is 1. The number of nitrogens with zero attached hydrogens (tertiary/aromatic N) is 4. The molecule has 0 spiro atoms. The van der Waals surface area contributed by atoms with Crippen LogP contribution in [0.3, 0.4) is 0 Å². The average Bonchev–Trinajstić information content (AvgIpc) is 2.92. The van der Waals surface area contributed by atoms with Crippen LogP contribution in [0.1, 0.15) is 0 Å². The lowest BCUT2D eigenvalue weighted by atomic mass is 10.1. The molecule has 0 unspecified atom stereocenters. The van der Waals surface area contributed by atoms with Crippen LogP contribution in [0.4, 0.5) is 14.5 Å². The summed E-state index contributed by atoms with van der Waals surface area (Å²) in [6.45, 7) is 0. The number of aromatic nitrogens is 4. The summed E-state index contributed by atoms with van der Waals surface area (Å²) in [5.41, 5.74) is 5.96. The van der Waals surface area contributed by atoms with E-state index >= 15 is 0 Å². The van der Waals surface area contributed by atoms with E-state index in [0.717, 1.165) is 4.47 Å². The van der Waals surface area contributed by atoms with Crippen molar-refractivity contribution >= 4 is 21.6 Å². The Bertz CT molecular complexity index is 818. The molecular weight excluding hydrogens is 344 g/mol. The highest BCUT2D eigenvalue weighted by Crippen LogP contribution is 2.28. The SMILES string of the molecule is Nc1cc(-c2nnnn2-c2ccccc2Br)c(F)cc1F. The molecule has 3 aromatic rings. The first-order chi connectivity index (χ1) is 10.1. The monoisotopic (exact) mass is 351 g/mol. The summed E-state index contributed by atoms with van der Waals surface area (Å²) in [6, 6.07) is 9.06. The minimum atomic E-state index is -0.823. The largest absolute Gasteiger partial charge is 0.396 e. The molecule has 0 aliphatic carbocycles. The Balaban J connectivity index is 2.21. The number of anilines is 1. The molecule has 0 radical (unpaired) electrons. The van der Waals surface area contributed by atoms with Crippen LogP contribution in [0.25, 0.3) is 17.1 Å². The third kappa shape index (κ3) is 2.38. The maximum atomic E-state index is 14.0. The van der Waals surface area contributed by atoms with Gasteiger partial charge in [-0.2, -0.15) is 4.68 Å². The Morgan fingerprint density at radius 2 is 1.86 bits per heavy atom. The van der Waals surface area contributed by atoms with Gasteiger partial charge in [0.2, 0.25) is 0 Å². The summed E-state index contributed by atoms with van der Waals surface area (Å²) in [6.07, 6.45) is 0. The smallest absolute Gasteiger partial charge is 0.190 e. The normalized spacial score (nSPS) is 10.8. The van der Waals surface area contributed by atoms with Crippen molar-refractivity contribution in [2.45, 2.75) is 0 Å². The van der Waals surface area contributed by atoms with E-state index in [0.29, 0.717) is 11.8 Å². The predicted molar refractivity (Wildman–Crippen MR) is 76.6 cm³/mol. The molecule has 0 aliphatic heterocycles. The van der Waals surface area contributed by atoms with Crippen LogP contribution in [0.15, 0.2) is 40.9 Å². The molecule has 8 heteroatoms. The minimum Gasteiger partial charge on any atom is -0.396 e. The average molecular weight is 352 g/mol. The van der Waals surface area contributed by atoms with Gasteiger partial charge in [-0.1, -0.05) is 12.1 Å². The van der Waals surface area contributed by atoms with E-state index in [1.54, 1.807) is 18.2 Å². The standard InChI is InChI=1S/C13H8BrF2N5/c14-8-3-1-2-4-12(8)21-13(18-19-20-21)7-5-11(17)10(16)6-9(7)15/h1-6H,17H2. The summed E-state index contributed by atoms with van der Waals surface area (Å²) in [5.74, 6) is -1.48. The summed E-state index contributed by atoms with van der Waals surface area (Å²) < 4.78 is 29.3. The highest BCUT2D eigenvalue weighted by atomic mass is 79.9. The van der Waals surface area contributed by atoms with Gasteiger partial charge in [-0.25, -0.2) is 8.78 Å². The van der Waals surface area contributed by atoms with E-state index in [-0.39, 0.29) is 17.1 Å². The molecular formula is C13H8BrF2N5. The zero-order chi connectivity index (χ0) is 15.0. The molecule has 3 rings (SSSR count). The fraction of sp³-hybridized carbons (Fsp3) is 0. The van der Waals surface area contributed by atoms with E-state index in [1.165, 1.54) is 10.7 Å². The quantitative estimate of drug-likeness (QED) is 0.720. The summed E-state index contributed by atoms with van der Waals surface area (Å²) in [7, 11) is 0. The fourth-order valence-electron chi connectivity index (χ4n) is 1.88. The van der Waals surface area contributed by atoms with Gasteiger partial charge in [0.05, 0.1) is 16.9 Å². The molecule has 1 heterocycles. The predicted octanol–water partition coefficient (Wildman–Crippen LogP) is 2.95. The van der Waals surface area contributed by atoms with E-state index in [1.807, 2.05) is 6.07 Å². The Morgan fingerprint density at radius 3 is 2.62 bits per heavy atom. The molecule has 0 fully saturated rings. The van der Waals surface area contributed by atoms with Crippen LogP contribution in [0.5, 0.6) is 0 Å². The maximum absolute atomic E-state index is 14.0. The van der Waals surface area contributed by atoms with Gasteiger partial charge in [0, 0.05) is 10.5 Å². The summed E-state index contributed by atoms with van der Waals surface area (Å²) >= 11 is 3.37. The van der Waals surface area contributed by atoms with Crippen molar-refractivity contribution in [2.75, 3.05) is 5.73 Å². The van der Waals surface area contributed by atoms with E-state index in [9.17, 15) is 8.78 Å². The highest BCUT2D eigenvalue weighted by Gasteiger charge is 2.18. The van der Waals surface area contributed by atoms with Gasteiger partial charge in [-0.3, -0.25) is 0 Å². The lowest BCUT2D eigenvalue weighted by Gasteiger charge is -2.08. The van der Waals surface area contributed by atoms with Crippen molar-refractivity contribution in [2.24, 2.45) is 0 Å². The Labute approximate surface area is 126 Å². The second-order valence-electron chi connectivity index (χ2n) is 4.22. The first-order valence-corrected chi connectivity index (χ1v) is 6.65. The maximum Gasteiger partial charge on any atom is 0.190 e. The summed E-state index contributed by atoms with van der Waals surface area (Å²) in [5, 5.41) is 11.2. The fourth-order valence-corrected chi connectivity index (χ4v) is 2.33. The first kappa shape index (κ1) is 13.6. The molecule has 0 aliphatic rings. The van der Waals surface area contributed by atoms with Gasteiger partial charge in [0.25, 0.3) is 0 Å². The molecule has 2 N–H and O–H groups in total. The molecule has 0 bridgehead atoms. The number of hydrogen-bond acceptors (Lipinski definition) is 4. The zero-order valence-corrected chi connectivity index (χ0v) is 12.1. The van der Waals surface area contributed by atoms with Gasteiger partial charge in [0.15, 0.2) is 5.82 Å². The molecule has 0 saturated heterocycles. The number of nitrogen functional groups attached to an aromatic ring is 1. The van der Waals surface area contributed by atoms with Crippen LogP contribution in [0, 0.1) is 11.6 Å². The van der Waals surface area contributed by atoms with Crippen molar-refractivity contribution in [3.63, 3.8) is 0 Å². The third-order valence-electron chi connectivity index (χ3n) is 2.88. The molecule has 5 nitrogen and oxygen atoms in total. The Hall–Kier alpha value is -2.35. The van der Waals surface area contributed by atoms with E-state index < -0.39 is 11.6 Å². The molecule has 0 atom stereocenters. The number of halogens is 3. The minimum absolute atomic E-state index is 0.0228. The highest BCUT2D eigenvalue weighted by molar-refractivity contribution is 9.10. The van der Waals surface area contributed by atoms with Gasteiger partial charge >= 0.3 is 0 Å².